The van der Waals surface area contributed by atoms with Crippen molar-refractivity contribution < 1.29 is 9.59 Å². The van der Waals surface area contributed by atoms with E-state index in [-0.39, 0.29) is 40.4 Å². The molecule has 35 heavy (non-hydrogen) atoms. The van der Waals surface area contributed by atoms with Gasteiger partial charge in [-0.3, -0.25) is 9.59 Å². The molecule has 8 nitrogen and oxygen atoms in total. The summed E-state index contributed by atoms with van der Waals surface area (Å²) in [5.74, 6) is 0.462. The maximum atomic E-state index is 13.5. The molecule has 1 aliphatic rings. The third kappa shape index (κ3) is 4.15. The summed E-state index contributed by atoms with van der Waals surface area (Å²) in [4.78, 5) is 40.4. The average Bonchev–Trinajstić information content (AvgIpc) is 2.84. The number of anilines is 4. The lowest BCUT2D eigenvalue weighted by Gasteiger charge is -2.23. The Bertz CT molecular complexity index is 1490. The van der Waals surface area contributed by atoms with Crippen molar-refractivity contribution in [3.05, 3.63) is 87.4 Å². The molecule has 174 valence electrons. The van der Waals surface area contributed by atoms with Crippen LogP contribution < -0.4 is 16.4 Å². The van der Waals surface area contributed by atoms with Gasteiger partial charge in [-0.25, -0.2) is 0 Å². The molecule has 3 aromatic carbocycles. The first-order valence-corrected chi connectivity index (χ1v) is 11.8. The number of carbonyl (C=O) groups excluding carboxylic acids is 2. The number of hydrogen-bond donors (Lipinski definition) is 3. The maximum absolute atomic E-state index is 13.5. The van der Waals surface area contributed by atoms with Gasteiger partial charge in [-0.1, -0.05) is 54.6 Å². The first-order chi connectivity index (χ1) is 16.8. The van der Waals surface area contributed by atoms with Crippen LogP contribution in [0.3, 0.4) is 0 Å². The van der Waals surface area contributed by atoms with Crippen molar-refractivity contribution in [2.75, 3.05) is 16.4 Å². The molecule has 1 aromatic heterocycles. The largest absolute Gasteiger partial charge is 0.397 e. The summed E-state index contributed by atoms with van der Waals surface area (Å²) in [7, 11) is 0. The van der Waals surface area contributed by atoms with E-state index in [2.05, 4.69) is 41.5 Å². The average molecular weight is 529 g/mol. The maximum Gasteiger partial charge on any atom is 0.232 e. The third-order valence-electron chi connectivity index (χ3n) is 5.52. The number of carbonyl (C=O) groups is 2. The first-order valence-electron chi connectivity index (χ1n) is 11.0. The van der Waals surface area contributed by atoms with Crippen molar-refractivity contribution in [3.8, 4) is 11.4 Å². The van der Waals surface area contributed by atoms with Crippen molar-refractivity contribution >= 4 is 50.8 Å². The molecular weight excluding hydrogens is 508 g/mol. The van der Waals surface area contributed by atoms with E-state index >= 15 is 0 Å². The van der Waals surface area contributed by atoms with Gasteiger partial charge in [0.15, 0.2) is 17.4 Å². The Morgan fingerprint density at radius 1 is 0.829 bits per heavy atom. The zero-order valence-electron chi connectivity index (χ0n) is 19.0. The van der Waals surface area contributed by atoms with Crippen molar-refractivity contribution in [3.63, 3.8) is 0 Å². The molecule has 0 saturated carbocycles. The SMILES string of the molecule is CC(C)Nc1nc(Nc2cc(Br)c(N)c3c2C(=O)c2ccccc2C3=O)nc(-c2ccccc2)n1. The van der Waals surface area contributed by atoms with E-state index in [1.807, 2.05) is 44.2 Å². The van der Waals surface area contributed by atoms with Crippen molar-refractivity contribution in [1.29, 1.82) is 0 Å². The highest BCUT2D eigenvalue weighted by Crippen LogP contribution is 2.40. The van der Waals surface area contributed by atoms with Crippen LogP contribution in [0.1, 0.15) is 45.7 Å². The number of nitrogens with zero attached hydrogens (tertiary/aromatic N) is 3. The van der Waals surface area contributed by atoms with Crippen LogP contribution in [0.2, 0.25) is 0 Å². The Morgan fingerprint density at radius 3 is 2.09 bits per heavy atom. The minimum absolute atomic E-state index is 0.0861. The predicted octanol–water partition coefficient (Wildman–Crippen LogP) is 5.22. The second-order valence-corrected chi connectivity index (χ2v) is 9.22. The quantitative estimate of drug-likeness (QED) is 0.265. The second-order valence-electron chi connectivity index (χ2n) is 8.37. The lowest BCUT2D eigenvalue weighted by Crippen LogP contribution is -2.24. The highest BCUT2D eigenvalue weighted by atomic mass is 79.9. The molecule has 0 radical (unpaired) electrons. The van der Waals surface area contributed by atoms with E-state index in [1.165, 1.54) is 0 Å². The molecule has 1 heterocycles. The van der Waals surface area contributed by atoms with Gasteiger partial charge in [0.2, 0.25) is 11.9 Å². The number of nitrogen functional groups attached to an aromatic ring is 1. The van der Waals surface area contributed by atoms with Gasteiger partial charge >= 0.3 is 0 Å². The summed E-state index contributed by atoms with van der Waals surface area (Å²) in [6.45, 7) is 3.96. The van der Waals surface area contributed by atoms with Crippen molar-refractivity contribution in [2.24, 2.45) is 0 Å². The monoisotopic (exact) mass is 528 g/mol. The summed E-state index contributed by atoms with van der Waals surface area (Å²) in [6.07, 6.45) is 0. The topological polar surface area (TPSA) is 123 Å². The smallest absolute Gasteiger partial charge is 0.232 e. The fraction of sp³-hybridized carbons (Fsp3) is 0.115. The van der Waals surface area contributed by atoms with E-state index in [1.54, 1.807) is 30.3 Å². The van der Waals surface area contributed by atoms with Gasteiger partial charge in [-0.05, 0) is 35.8 Å². The van der Waals surface area contributed by atoms with Gasteiger partial charge in [0.25, 0.3) is 0 Å². The number of ketones is 2. The Kier molecular flexibility index (Phi) is 5.78. The molecule has 0 fully saturated rings. The molecule has 0 atom stereocenters. The van der Waals surface area contributed by atoms with Crippen molar-refractivity contribution in [1.82, 2.24) is 15.0 Å². The van der Waals surface area contributed by atoms with E-state index in [4.69, 9.17) is 5.73 Å². The molecule has 1 aliphatic carbocycles. The van der Waals surface area contributed by atoms with Crippen LogP contribution in [0.4, 0.5) is 23.3 Å². The standard InChI is InChI=1S/C26H21BrN6O2/c1-13(2)29-25-31-24(14-8-4-3-5-9-14)32-26(33-25)30-18-12-17(27)21(28)20-19(18)22(34)15-10-6-7-11-16(15)23(20)35/h3-13H,28H2,1-2H3,(H2,29,30,31,32,33). The molecule has 0 unspecified atom stereocenters. The first kappa shape index (κ1) is 22.7. The molecule has 4 N–H and O–H groups in total. The molecule has 0 bridgehead atoms. The number of aromatic nitrogens is 3. The van der Waals surface area contributed by atoms with Gasteiger partial charge in [0.1, 0.15) is 0 Å². The fourth-order valence-electron chi connectivity index (χ4n) is 3.98. The van der Waals surface area contributed by atoms with Crippen LogP contribution in [0.5, 0.6) is 0 Å². The predicted molar refractivity (Wildman–Crippen MR) is 139 cm³/mol. The number of fused-ring (bicyclic) bond motifs is 2. The summed E-state index contributed by atoms with van der Waals surface area (Å²) in [5.41, 5.74) is 8.65. The number of nitrogens with one attached hydrogen (secondary N) is 2. The molecule has 0 amide bonds. The highest BCUT2D eigenvalue weighted by Gasteiger charge is 2.34. The number of hydrogen-bond acceptors (Lipinski definition) is 8. The molecule has 4 aromatic rings. The Morgan fingerprint density at radius 2 is 1.43 bits per heavy atom. The van der Waals surface area contributed by atoms with Crippen LogP contribution in [0.15, 0.2) is 65.1 Å². The molecule has 0 saturated heterocycles. The zero-order chi connectivity index (χ0) is 24.7. The van der Waals surface area contributed by atoms with Gasteiger partial charge in [-0.2, -0.15) is 15.0 Å². The zero-order valence-corrected chi connectivity index (χ0v) is 20.6. The van der Waals surface area contributed by atoms with E-state index in [0.29, 0.717) is 33.1 Å². The minimum atomic E-state index is -0.306. The summed E-state index contributed by atoms with van der Waals surface area (Å²) in [5, 5.41) is 6.35. The van der Waals surface area contributed by atoms with Crippen LogP contribution in [0.25, 0.3) is 11.4 Å². The van der Waals surface area contributed by atoms with Gasteiger partial charge in [0.05, 0.1) is 22.5 Å². The number of nitrogens with two attached hydrogens (primary N) is 1. The van der Waals surface area contributed by atoms with Crippen LogP contribution in [-0.2, 0) is 0 Å². The molecule has 5 rings (SSSR count). The van der Waals surface area contributed by atoms with Crippen LogP contribution in [0, 0.1) is 0 Å². The van der Waals surface area contributed by atoms with Crippen LogP contribution >= 0.6 is 15.9 Å². The lowest BCUT2D eigenvalue weighted by molar-refractivity contribution is 0.0980. The Balaban J connectivity index is 1.65. The molecular formula is C26H21BrN6O2. The van der Waals surface area contributed by atoms with Crippen molar-refractivity contribution in [2.45, 2.75) is 19.9 Å². The number of benzene rings is 3. The fourth-order valence-corrected chi connectivity index (χ4v) is 4.40. The van der Waals surface area contributed by atoms with Gasteiger partial charge < -0.3 is 16.4 Å². The van der Waals surface area contributed by atoms with E-state index in [0.717, 1.165) is 5.56 Å². The lowest BCUT2D eigenvalue weighted by atomic mass is 9.82. The Hall–Kier alpha value is -4.11. The van der Waals surface area contributed by atoms with Gasteiger partial charge in [0, 0.05) is 27.2 Å². The van der Waals surface area contributed by atoms with E-state index in [9.17, 15) is 9.59 Å². The number of halogens is 1. The summed E-state index contributed by atoms with van der Waals surface area (Å²) in [6, 6.07) is 18.0. The highest BCUT2D eigenvalue weighted by molar-refractivity contribution is 9.10. The second kappa shape index (κ2) is 8.92. The molecule has 0 spiro atoms. The summed E-state index contributed by atoms with van der Waals surface area (Å²) >= 11 is 3.43. The summed E-state index contributed by atoms with van der Waals surface area (Å²) < 4.78 is 0.483. The van der Waals surface area contributed by atoms with E-state index < -0.39 is 0 Å². The molecule has 0 aliphatic heterocycles. The normalized spacial score (nSPS) is 12.3. The Labute approximate surface area is 210 Å². The number of rotatable bonds is 5. The molecule has 9 heteroatoms. The minimum Gasteiger partial charge on any atom is -0.397 e. The van der Waals surface area contributed by atoms with Crippen LogP contribution in [-0.4, -0.2) is 32.6 Å². The van der Waals surface area contributed by atoms with Gasteiger partial charge in [-0.15, -0.1) is 0 Å². The third-order valence-corrected chi connectivity index (χ3v) is 6.18.